The fraction of sp³-hybridized carbons (Fsp3) is 0.263. The standard InChI is InChI=1S/C19H21N.C18H19N.CH3I.Na.H/c1-20-14-6-11-19-17-9-4-2-7-15(17)12-13-16-8-3-5-10-18(16)19;19-13-5-10-18-16-8-3-1-6-14(16)11-12-15-7-2-4-9-17(15)18;1-2;;/h2-5,7-11,20H,6,12-14H2,1H3;1-4,6-10H,5,11-13,19H2;1H3;;/q;;;+1;-1. The van der Waals surface area contributed by atoms with Crippen LogP contribution in [0.25, 0.3) is 11.1 Å². The minimum atomic E-state index is 0. The number of nitrogens with one attached hydrogen (secondary N) is 1. The van der Waals surface area contributed by atoms with E-state index in [9.17, 15) is 0 Å². The molecule has 0 unspecified atom stereocenters. The van der Waals surface area contributed by atoms with Gasteiger partial charge in [0.1, 0.15) is 0 Å². The Labute approximate surface area is 290 Å². The zero-order chi connectivity index (χ0) is 28.9. The van der Waals surface area contributed by atoms with Gasteiger partial charge in [-0.15, -0.1) is 0 Å². The van der Waals surface area contributed by atoms with Crippen LogP contribution in [-0.4, -0.2) is 25.1 Å². The monoisotopic (exact) mass is 678 g/mol. The molecule has 0 radical (unpaired) electrons. The number of aryl methyl sites for hydroxylation is 4. The zero-order valence-corrected chi connectivity index (χ0v) is 29.7. The summed E-state index contributed by atoms with van der Waals surface area (Å²) >= 11 is 2.15. The molecule has 0 fully saturated rings. The molecule has 0 aliphatic heterocycles. The molecule has 4 heteroatoms. The molecule has 2 aliphatic rings. The van der Waals surface area contributed by atoms with Gasteiger partial charge in [-0.3, -0.25) is 0 Å². The largest absolute Gasteiger partial charge is 1.00 e. The maximum Gasteiger partial charge on any atom is 1.00 e. The fourth-order valence-corrected chi connectivity index (χ4v) is 5.86. The number of alkyl halides is 1. The van der Waals surface area contributed by atoms with Crippen LogP contribution in [-0.2, 0) is 25.7 Å². The van der Waals surface area contributed by atoms with E-state index in [1.807, 2.05) is 12.0 Å². The van der Waals surface area contributed by atoms with Gasteiger partial charge in [-0.2, -0.15) is 0 Å². The molecule has 4 aromatic carbocycles. The Morgan fingerprint density at radius 3 is 1.21 bits per heavy atom. The smallest absolute Gasteiger partial charge is 1.00 e. The van der Waals surface area contributed by atoms with Crippen molar-refractivity contribution in [1.29, 1.82) is 0 Å². The quantitative estimate of drug-likeness (QED) is 0.126. The summed E-state index contributed by atoms with van der Waals surface area (Å²) in [5, 5.41) is 3.23. The van der Waals surface area contributed by atoms with Crippen LogP contribution in [0, 0.1) is 0 Å². The SMILES string of the molecule is CI.CNCCC=C1c2ccccc2CCc2ccccc21.NCCC=C1c2ccccc2CCc2ccccc21.[H-].[Na+]. The minimum absolute atomic E-state index is 0. The first-order valence-electron chi connectivity index (χ1n) is 14.8. The van der Waals surface area contributed by atoms with E-state index in [0.29, 0.717) is 6.54 Å². The second kappa shape index (κ2) is 18.6. The van der Waals surface area contributed by atoms with Gasteiger partial charge in [-0.1, -0.05) is 132 Å². The minimum Gasteiger partial charge on any atom is -1.00 e. The van der Waals surface area contributed by atoms with Crippen molar-refractivity contribution in [3.05, 3.63) is 154 Å². The van der Waals surface area contributed by atoms with Crippen LogP contribution in [0.3, 0.4) is 0 Å². The van der Waals surface area contributed by atoms with Crippen molar-refractivity contribution in [1.82, 2.24) is 5.32 Å². The molecule has 214 valence electrons. The van der Waals surface area contributed by atoms with Gasteiger partial charge in [0.15, 0.2) is 0 Å². The third-order valence-corrected chi connectivity index (χ3v) is 7.82. The van der Waals surface area contributed by atoms with Crippen molar-refractivity contribution in [3.63, 3.8) is 0 Å². The Kier molecular flexibility index (Phi) is 15.3. The van der Waals surface area contributed by atoms with Crippen LogP contribution >= 0.6 is 22.6 Å². The van der Waals surface area contributed by atoms with Crippen molar-refractivity contribution >= 4 is 33.7 Å². The van der Waals surface area contributed by atoms with Crippen LogP contribution in [0.2, 0.25) is 0 Å². The number of hydrogen-bond acceptors (Lipinski definition) is 2. The molecular formula is C38H44IN2Na. The molecule has 0 atom stereocenters. The van der Waals surface area contributed by atoms with Crippen molar-refractivity contribution in [3.8, 4) is 0 Å². The topological polar surface area (TPSA) is 38.0 Å². The molecule has 6 rings (SSSR count). The molecule has 42 heavy (non-hydrogen) atoms. The molecule has 0 aromatic heterocycles. The fourth-order valence-electron chi connectivity index (χ4n) is 5.86. The first-order valence-corrected chi connectivity index (χ1v) is 16.9. The summed E-state index contributed by atoms with van der Waals surface area (Å²) in [6, 6.07) is 35.2. The number of fused-ring (bicyclic) bond motifs is 4. The van der Waals surface area contributed by atoms with E-state index in [-0.39, 0.29) is 31.0 Å². The molecule has 0 bridgehead atoms. The van der Waals surface area contributed by atoms with Crippen molar-refractivity contribution in [2.75, 3.05) is 25.1 Å². The average molecular weight is 679 g/mol. The Morgan fingerprint density at radius 2 is 0.905 bits per heavy atom. The van der Waals surface area contributed by atoms with Crippen LogP contribution in [0.15, 0.2) is 109 Å². The van der Waals surface area contributed by atoms with Gasteiger partial charge in [0.05, 0.1) is 0 Å². The van der Waals surface area contributed by atoms with Crippen LogP contribution in [0.1, 0.15) is 58.8 Å². The van der Waals surface area contributed by atoms with E-state index in [2.05, 4.69) is 137 Å². The van der Waals surface area contributed by atoms with Crippen LogP contribution < -0.4 is 40.6 Å². The number of hydrogen-bond donors (Lipinski definition) is 2. The molecule has 2 nitrogen and oxygen atoms in total. The normalized spacial score (nSPS) is 12.6. The van der Waals surface area contributed by atoms with Gasteiger partial charge < -0.3 is 12.5 Å². The van der Waals surface area contributed by atoms with E-state index in [1.165, 1.54) is 55.7 Å². The number of nitrogens with two attached hydrogens (primary N) is 1. The Balaban J connectivity index is 0.000000272. The van der Waals surface area contributed by atoms with E-state index in [0.717, 1.165) is 45.1 Å². The van der Waals surface area contributed by atoms with Gasteiger partial charge in [0.25, 0.3) is 0 Å². The second-order valence-corrected chi connectivity index (χ2v) is 10.3. The molecular weight excluding hydrogens is 634 g/mol. The van der Waals surface area contributed by atoms with Crippen molar-refractivity contribution in [2.45, 2.75) is 38.5 Å². The van der Waals surface area contributed by atoms with Crippen LogP contribution in [0.4, 0.5) is 0 Å². The van der Waals surface area contributed by atoms with Crippen LogP contribution in [0.5, 0.6) is 0 Å². The molecule has 0 saturated heterocycles. The van der Waals surface area contributed by atoms with E-state index < -0.39 is 0 Å². The summed E-state index contributed by atoms with van der Waals surface area (Å²) in [6.07, 6.45) is 11.2. The first-order chi connectivity index (χ1) is 20.3. The van der Waals surface area contributed by atoms with Gasteiger partial charge >= 0.3 is 29.6 Å². The Hall–Kier alpha value is -1.99. The molecule has 2 aliphatic carbocycles. The molecule has 0 saturated carbocycles. The average Bonchev–Trinajstić information content (AvgIpc) is 3.30. The number of halogens is 1. The summed E-state index contributed by atoms with van der Waals surface area (Å²) in [4.78, 5) is 1.97. The molecule has 0 spiro atoms. The number of benzene rings is 4. The van der Waals surface area contributed by atoms with E-state index in [1.54, 1.807) is 0 Å². The van der Waals surface area contributed by atoms with Gasteiger partial charge in [0, 0.05) is 0 Å². The Morgan fingerprint density at radius 1 is 0.595 bits per heavy atom. The predicted octanol–water partition coefficient (Wildman–Crippen LogP) is 5.56. The second-order valence-electron chi connectivity index (χ2n) is 10.3. The molecule has 0 amide bonds. The first kappa shape index (κ1) is 34.5. The maximum atomic E-state index is 5.68. The third-order valence-electron chi connectivity index (χ3n) is 7.82. The van der Waals surface area contributed by atoms with Gasteiger partial charge in [-0.25, -0.2) is 0 Å². The summed E-state index contributed by atoms with van der Waals surface area (Å²) in [5.41, 5.74) is 19.9. The molecule has 3 N–H and O–H groups in total. The van der Waals surface area contributed by atoms with Gasteiger partial charge in [0.2, 0.25) is 0 Å². The maximum absolute atomic E-state index is 5.68. The predicted molar refractivity (Wildman–Crippen MR) is 188 cm³/mol. The molecule has 4 aromatic rings. The summed E-state index contributed by atoms with van der Waals surface area (Å²) in [5.74, 6) is 0. The van der Waals surface area contributed by atoms with Crippen molar-refractivity contribution in [2.24, 2.45) is 5.73 Å². The van der Waals surface area contributed by atoms with Gasteiger partial charge in [-0.05, 0) is 119 Å². The van der Waals surface area contributed by atoms with Crippen molar-refractivity contribution < 1.29 is 31.0 Å². The summed E-state index contributed by atoms with van der Waals surface area (Å²) < 4.78 is 0. The Bertz CT molecular complexity index is 1380. The van der Waals surface area contributed by atoms with E-state index >= 15 is 0 Å². The molecule has 0 heterocycles. The summed E-state index contributed by atoms with van der Waals surface area (Å²) in [7, 11) is 2.01. The zero-order valence-electron chi connectivity index (χ0n) is 26.5. The number of rotatable bonds is 5. The van der Waals surface area contributed by atoms with E-state index in [4.69, 9.17) is 5.73 Å². The summed E-state index contributed by atoms with van der Waals surface area (Å²) in [6.45, 7) is 1.72. The third kappa shape index (κ3) is 8.78.